The van der Waals surface area contributed by atoms with Crippen LogP contribution in [0.15, 0.2) is 83.7 Å². The molecule has 1 unspecified atom stereocenters. The van der Waals surface area contributed by atoms with Gasteiger partial charge in [0.15, 0.2) is 5.50 Å². The lowest BCUT2D eigenvalue weighted by Gasteiger charge is -2.25. The van der Waals surface area contributed by atoms with Gasteiger partial charge in [-0.05, 0) is 16.5 Å². The van der Waals surface area contributed by atoms with E-state index >= 15 is 0 Å². The maximum Gasteiger partial charge on any atom is 0.173 e. The third-order valence-electron chi connectivity index (χ3n) is 3.42. The summed E-state index contributed by atoms with van der Waals surface area (Å²) in [5.41, 5.74) is 3.61. The Kier molecular flexibility index (Phi) is 6.68. The molecular formula is C19H18BrN2S-. The molecule has 118 valence electrons. The topological polar surface area (TPSA) is 15.6 Å². The van der Waals surface area contributed by atoms with Gasteiger partial charge >= 0.3 is 0 Å². The maximum atomic E-state index is 4.73. The van der Waals surface area contributed by atoms with E-state index in [-0.39, 0.29) is 22.5 Å². The van der Waals surface area contributed by atoms with Crippen LogP contribution in [0.1, 0.15) is 11.1 Å². The van der Waals surface area contributed by atoms with Crippen LogP contribution in [0, 0.1) is 0 Å². The van der Waals surface area contributed by atoms with Crippen LogP contribution in [0.2, 0.25) is 0 Å². The quantitative estimate of drug-likeness (QED) is 0.574. The molecule has 2 aromatic rings. The summed E-state index contributed by atoms with van der Waals surface area (Å²) in [6, 6.07) is 20.6. The van der Waals surface area contributed by atoms with Gasteiger partial charge in [-0.2, -0.15) is 0 Å². The fourth-order valence-electron chi connectivity index (χ4n) is 2.36. The molecule has 0 aromatic heterocycles. The summed E-state index contributed by atoms with van der Waals surface area (Å²) < 4.78 is 0. The molecule has 0 radical (unpaired) electrons. The van der Waals surface area contributed by atoms with Crippen molar-refractivity contribution in [3.8, 4) is 0 Å². The van der Waals surface area contributed by atoms with Crippen LogP contribution in [0.3, 0.4) is 0 Å². The summed E-state index contributed by atoms with van der Waals surface area (Å²) in [6.45, 7) is 4.66. The normalized spacial score (nSPS) is 17.0. The van der Waals surface area contributed by atoms with E-state index in [9.17, 15) is 0 Å². The standard InChI is InChI=1S/C19H18N2S.BrH/c1-2-13-21-18(17-11-7-4-8-12-17)15-22-19(21)20-14-16-9-5-3-6-10-16;/h2-12,14-15,19H,1,13H2;1H/p-1/b20-14+;. The van der Waals surface area contributed by atoms with Gasteiger partial charge in [0.05, 0.1) is 5.70 Å². The van der Waals surface area contributed by atoms with Gasteiger partial charge in [0.2, 0.25) is 0 Å². The number of nitrogens with zero attached hydrogens (tertiary/aromatic N) is 2. The van der Waals surface area contributed by atoms with Gasteiger partial charge in [0.25, 0.3) is 0 Å². The molecule has 0 spiro atoms. The fourth-order valence-corrected chi connectivity index (χ4v) is 3.36. The first-order valence-corrected chi connectivity index (χ1v) is 8.19. The van der Waals surface area contributed by atoms with E-state index < -0.39 is 0 Å². The molecule has 1 heterocycles. The zero-order chi connectivity index (χ0) is 15.2. The van der Waals surface area contributed by atoms with Crippen LogP contribution < -0.4 is 17.0 Å². The molecule has 0 saturated carbocycles. The lowest BCUT2D eigenvalue weighted by molar-refractivity contribution is -0.00000426. The monoisotopic (exact) mass is 385 g/mol. The lowest BCUT2D eigenvalue weighted by atomic mass is 10.1. The molecule has 0 amide bonds. The van der Waals surface area contributed by atoms with Crippen LogP contribution in [0.25, 0.3) is 5.70 Å². The molecule has 3 rings (SSSR count). The number of hydrogen-bond acceptors (Lipinski definition) is 3. The molecular weight excluding hydrogens is 368 g/mol. The molecule has 2 aromatic carbocycles. The number of rotatable bonds is 5. The van der Waals surface area contributed by atoms with Crippen LogP contribution in [-0.2, 0) is 0 Å². The highest BCUT2D eigenvalue weighted by molar-refractivity contribution is 8.03. The number of aliphatic imine (C=N–C) groups is 1. The van der Waals surface area contributed by atoms with Gasteiger partial charge in [-0.3, -0.25) is 4.99 Å². The number of hydrogen-bond donors (Lipinski definition) is 0. The van der Waals surface area contributed by atoms with Crippen molar-refractivity contribution in [3.05, 3.63) is 89.9 Å². The number of thioether (sulfide) groups is 1. The van der Waals surface area contributed by atoms with Crippen LogP contribution in [0.5, 0.6) is 0 Å². The molecule has 1 atom stereocenters. The summed E-state index contributed by atoms with van der Waals surface area (Å²) in [5, 5.41) is 2.19. The smallest absolute Gasteiger partial charge is 0.173 e. The lowest BCUT2D eigenvalue weighted by Crippen LogP contribution is -3.00. The zero-order valence-electron chi connectivity index (χ0n) is 12.7. The average molecular weight is 386 g/mol. The van der Waals surface area contributed by atoms with E-state index in [4.69, 9.17) is 4.99 Å². The minimum absolute atomic E-state index is 0. The molecule has 0 N–H and O–H groups in total. The number of benzene rings is 2. The van der Waals surface area contributed by atoms with Crippen LogP contribution in [0.4, 0.5) is 0 Å². The van der Waals surface area contributed by atoms with Gasteiger partial charge in [0.1, 0.15) is 0 Å². The third-order valence-corrected chi connectivity index (χ3v) is 4.40. The van der Waals surface area contributed by atoms with Gasteiger partial charge in [-0.1, -0.05) is 78.5 Å². The highest BCUT2D eigenvalue weighted by Gasteiger charge is 2.25. The second kappa shape index (κ2) is 8.75. The number of halogens is 1. The molecule has 23 heavy (non-hydrogen) atoms. The Bertz CT molecular complexity index is 683. The fraction of sp³-hybridized carbons (Fsp3) is 0.105. The highest BCUT2D eigenvalue weighted by Crippen LogP contribution is 2.37. The second-order valence-corrected chi connectivity index (χ2v) is 5.89. The van der Waals surface area contributed by atoms with Crippen molar-refractivity contribution in [2.24, 2.45) is 4.99 Å². The maximum absolute atomic E-state index is 4.73. The Balaban J connectivity index is 0.00000192. The molecule has 0 bridgehead atoms. The first-order chi connectivity index (χ1) is 10.9. The second-order valence-electron chi connectivity index (χ2n) is 4.96. The Hall–Kier alpha value is -1.78. The van der Waals surface area contributed by atoms with E-state index in [1.165, 1.54) is 11.3 Å². The van der Waals surface area contributed by atoms with Crippen LogP contribution in [-0.4, -0.2) is 23.2 Å². The predicted octanol–water partition coefficient (Wildman–Crippen LogP) is 1.63. The largest absolute Gasteiger partial charge is 1.00 e. The van der Waals surface area contributed by atoms with Crippen molar-refractivity contribution in [2.75, 3.05) is 6.54 Å². The Morgan fingerprint density at radius 2 is 1.70 bits per heavy atom. The van der Waals surface area contributed by atoms with Gasteiger partial charge in [-0.15, -0.1) is 6.58 Å². The average Bonchev–Trinajstić information content (AvgIpc) is 2.98. The van der Waals surface area contributed by atoms with Crippen molar-refractivity contribution >= 4 is 23.7 Å². The Morgan fingerprint density at radius 1 is 1.04 bits per heavy atom. The van der Waals surface area contributed by atoms with Gasteiger partial charge in [0, 0.05) is 12.8 Å². The van der Waals surface area contributed by atoms with Crippen molar-refractivity contribution in [3.63, 3.8) is 0 Å². The predicted molar refractivity (Wildman–Crippen MR) is 96.7 cm³/mol. The summed E-state index contributed by atoms with van der Waals surface area (Å²) >= 11 is 1.73. The summed E-state index contributed by atoms with van der Waals surface area (Å²) in [7, 11) is 0. The van der Waals surface area contributed by atoms with Gasteiger partial charge in [-0.25, -0.2) is 0 Å². The molecule has 0 saturated heterocycles. The van der Waals surface area contributed by atoms with Crippen molar-refractivity contribution < 1.29 is 17.0 Å². The molecule has 0 fully saturated rings. The van der Waals surface area contributed by atoms with E-state index in [0.29, 0.717) is 0 Å². The first kappa shape index (κ1) is 17.6. The summed E-state index contributed by atoms with van der Waals surface area (Å²) in [4.78, 5) is 7.00. The minimum Gasteiger partial charge on any atom is -1.00 e. The van der Waals surface area contributed by atoms with E-state index in [1.54, 1.807) is 11.8 Å². The molecule has 1 aliphatic rings. The van der Waals surface area contributed by atoms with Crippen molar-refractivity contribution in [1.82, 2.24) is 4.90 Å². The Morgan fingerprint density at radius 3 is 2.35 bits per heavy atom. The summed E-state index contributed by atoms with van der Waals surface area (Å²) in [6.07, 6.45) is 3.86. The van der Waals surface area contributed by atoms with Crippen LogP contribution >= 0.6 is 11.8 Å². The highest BCUT2D eigenvalue weighted by atomic mass is 79.9. The van der Waals surface area contributed by atoms with E-state index in [2.05, 4.69) is 53.3 Å². The minimum atomic E-state index is 0. The SMILES string of the molecule is C=CCN1C(c2ccccc2)=CSC1/N=C/c1ccccc1.[Br-]. The zero-order valence-corrected chi connectivity index (χ0v) is 15.1. The third kappa shape index (κ3) is 4.36. The van der Waals surface area contributed by atoms with Crippen molar-refractivity contribution in [2.45, 2.75) is 5.50 Å². The van der Waals surface area contributed by atoms with E-state index in [0.717, 1.165) is 12.1 Å². The van der Waals surface area contributed by atoms with Gasteiger partial charge < -0.3 is 21.9 Å². The molecule has 0 aliphatic carbocycles. The molecule has 1 aliphatic heterocycles. The van der Waals surface area contributed by atoms with E-state index in [1.807, 2.05) is 36.6 Å². The first-order valence-electron chi connectivity index (χ1n) is 7.25. The molecule has 4 heteroatoms. The Labute approximate surface area is 152 Å². The van der Waals surface area contributed by atoms with Crippen molar-refractivity contribution in [1.29, 1.82) is 0 Å². The molecule has 2 nitrogen and oxygen atoms in total. The summed E-state index contributed by atoms with van der Waals surface area (Å²) in [5.74, 6) is 0.